The molecular formula is C25H26N2O4. The van der Waals surface area contributed by atoms with Gasteiger partial charge in [0.25, 0.3) is 0 Å². The van der Waals surface area contributed by atoms with Crippen LogP contribution in [-0.4, -0.2) is 31.0 Å². The molecule has 160 valence electrons. The van der Waals surface area contributed by atoms with E-state index < -0.39 is 12.1 Å². The summed E-state index contributed by atoms with van der Waals surface area (Å²) in [5.74, 6) is 0.421. The second-order valence-electron chi connectivity index (χ2n) is 7.22. The van der Waals surface area contributed by atoms with Gasteiger partial charge in [0.1, 0.15) is 25.0 Å². The average molecular weight is 418 g/mol. The lowest BCUT2D eigenvalue weighted by Gasteiger charge is -2.22. The van der Waals surface area contributed by atoms with Crippen LogP contribution in [0.25, 0.3) is 0 Å². The van der Waals surface area contributed by atoms with Gasteiger partial charge in [-0.3, -0.25) is 4.79 Å². The van der Waals surface area contributed by atoms with Crippen LogP contribution in [0.4, 0.5) is 4.79 Å². The lowest BCUT2D eigenvalue weighted by Crippen LogP contribution is -2.40. The minimum Gasteiger partial charge on any atom is -0.489 e. The zero-order chi connectivity index (χ0) is 22.1. The van der Waals surface area contributed by atoms with Crippen molar-refractivity contribution in [3.8, 4) is 5.75 Å². The van der Waals surface area contributed by atoms with Crippen molar-refractivity contribution >= 4 is 12.0 Å². The second-order valence-corrected chi connectivity index (χ2v) is 7.22. The molecule has 0 fully saturated rings. The molecule has 0 saturated heterocycles. The van der Waals surface area contributed by atoms with Crippen molar-refractivity contribution in [2.45, 2.75) is 19.3 Å². The van der Waals surface area contributed by atoms with Crippen LogP contribution in [0.15, 0.2) is 84.9 Å². The minimum absolute atomic E-state index is 0.127. The number of nitrogens with zero attached hydrogens (tertiary/aromatic N) is 1. The maximum atomic E-state index is 12.7. The van der Waals surface area contributed by atoms with Gasteiger partial charge >= 0.3 is 6.09 Å². The number of ether oxygens (including phenoxy) is 2. The van der Waals surface area contributed by atoms with Crippen molar-refractivity contribution in [3.05, 3.63) is 102 Å². The van der Waals surface area contributed by atoms with E-state index in [-0.39, 0.29) is 12.5 Å². The van der Waals surface area contributed by atoms with Crippen LogP contribution in [-0.2, 0) is 22.7 Å². The molecule has 31 heavy (non-hydrogen) atoms. The fraction of sp³-hybridized carbons (Fsp3) is 0.200. The Morgan fingerprint density at radius 3 is 1.90 bits per heavy atom. The number of alkyl carbamates (subject to hydrolysis) is 1. The minimum atomic E-state index is -0.860. The molecular weight excluding hydrogens is 392 g/mol. The Balaban J connectivity index is 1.63. The van der Waals surface area contributed by atoms with E-state index in [9.17, 15) is 9.59 Å². The van der Waals surface area contributed by atoms with E-state index >= 15 is 0 Å². The van der Waals surface area contributed by atoms with Crippen LogP contribution in [0.2, 0.25) is 0 Å². The van der Waals surface area contributed by atoms with Crippen molar-refractivity contribution in [1.82, 2.24) is 10.2 Å². The van der Waals surface area contributed by atoms with Gasteiger partial charge < -0.3 is 19.7 Å². The summed E-state index contributed by atoms with van der Waals surface area (Å²) in [4.78, 5) is 26.4. The van der Waals surface area contributed by atoms with Gasteiger partial charge in [-0.05, 0) is 28.8 Å². The lowest BCUT2D eigenvalue weighted by molar-refractivity contribution is -0.131. The predicted molar refractivity (Wildman–Crippen MR) is 118 cm³/mol. The van der Waals surface area contributed by atoms with Crippen molar-refractivity contribution in [2.75, 3.05) is 14.1 Å². The molecule has 1 N–H and O–H groups in total. The van der Waals surface area contributed by atoms with Crippen molar-refractivity contribution < 1.29 is 19.1 Å². The Morgan fingerprint density at radius 1 is 0.806 bits per heavy atom. The molecule has 0 aliphatic rings. The average Bonchev–Trinajstić information content (AvgIpc) is 2.81. The SMILES string of the molecule is CN(C)C(=O)[C@@H](NC(=O)OCc1ccccc1)c1ccc(OCc2ccccc2)cc1. The summed E-state index contributed by atoms with van der Waals surface area (Å²) in [5.41, 5.74) is 2.57. The summed E-state index contributed by atoms with van der Waals surface area (Å²) >= 11 is 0. The van der Waals surface area contributed by atoms with E-state index in [1.54, 1.807) is 38.4 Å². The highest BCUT2D eigenvalue weighted by atomic mass is 16.5. The molecule has 0 bridgehead atoms. The Kier molecular flexibility index (Phi) is 7.65. The highest BCUT2D eigenvalue weighted by Crippen LogP contribution is 2.20. The normalized spacial score (nSPS) is 11.3. The summed E-state index contributed by atoms with van der Waals surface area (Å²) in [7, 11) is 3.29. The Morgan fingerprint density at radius 2 is 1.35 bits per heavy atom. The Labute approximate surface area is 182 Å². The molecule has 0 heterocycles. The number of carbonyl (C=O) groups is 2. The molecule has 0 spiro atoms. The van der Waals surface area contributed by atoms with Crippen LogP contribution in [0.3, 0.4) is 0 Å². The van der Waals surface area contributed by atoms with E-state index in [4.69, 9.17) is 9.47 Å². The Bertz CT molecular complexity index is 973. The molecule has 6 heteroatoms. The van der Waals surface area contributed by atoms with E-state index in [0.29, 0.717) is 17.9 Å². The van der Waals surface area contributed by atoms with Crippen molar-refractivity contribution in [1.29, 1.82) is 0 Å². The third kappa shape index (κ3) is 6.60. The highest BCUT2D eigenvalue weighted by molar-refractivity contribution is 5.86. The zero-order valence-corrected chi connectivity index (χ0v) is 17.7. The van der Waals surface area contributed by atoms with Gasteiger partial charge in [0.05, 0.1) is 0 Å². The van der Waals surface area contributed by atoms with Gasteiger partial charge in [0, 0.05) is 14.1 Å². The number of benzene rings is 3. The summed E-state index contributed by atoms with van der Waals surface area (Å²) < 4.78 is 11.1. The van der Waals surface area contributed by atoms with Crippen LogP contribution in [0.5, 0.6) is 5.75 Å². The molecule has 0 aliphatic carbocycles. The number of nitrogens with one attached hydrogen (secondary N) is 1. The molecule has 2 amide bonds. The van der Waals surface area contributed by atoms with Crippen molar-refractivity contribution in [3.63, 3.8) is 0 Å². The maximum Gasteiger partial charge on any atom is 0.408 e. The predicted octanol–water partition coefficient (Wildman–Crippen LogP) is 4.32. The molecule has 0 aliphatic heterocycles. The molecule has 0 saturated carbocycles. The summed E-state index contributed by atoms with van der Waals surface area (Å²) in [6.07, 6.45) is -0.659. The first-order valence-corrected chi connectivity index (χ1v) is 9.98. The topological polar surface area (TPSA) is 67.9 Å². The molecule has 0 radical (unpaired) electrons. The molecule has 3 aromatic carbocycles. The summed E-state index contributed by atoms with van der Waals surface area (Å²) in [6.45, 7) is 0.576. The quantitative estimate of drug-likeness (QED) is 0.592. The molecule has 3 rings (SSSR count). The monoisotopic (exact) mass is 418 g/mol. The number of hydrogen-bond donors (Lipinski definition) is 1. The highest BCUT2D eigenvalue weighted by Gasteiger charge is 2.25. The molecule has 1 atom stereocenters. The standard InChI is InChI=1S/C25H26N2O4/c1-27(2)24(28)23(26-25(29)31-18-20-11-7-4-8-12-20)21-13-15-22(16-14-21)30-17-19-9-5-3-6-10-19/h3-16,23H,17-18H2,1-2H3,(H,26,29)/t23-/m0/s1. The first-order chi connectivity index (χ1) is 15.0. The number of amides is 2. The first kappa shape index (κ1) is 21.9. The van der Waals surface area contributed by atoms with Crippen molar-refractivity contribution in [2.24, 2.45) is 0 Å². The maximum absolute atomic E-state index is 12.7. The molecule has 3 aromatic rings. The van der Waals surface area contributed by atoms with E-state index in [0.717, 1.165) is 11.1 Å². The number of carbonyl (C=O) groups excluding carboxylic acids is 2. The second kappa shape index (κ2) is 10.8. The molecule has 6 nitrogen and oxygen atoms in total. The summed E-state index contributed by atoms with van der Waals surface area (Å²) in [6, 6.07) is 25.5. The van der Waals surface area contributed by atoms with Gasteiger partial charge in [0.2, 0.25) is 5.91 Å². The first-order valence-electron chi connectivity index (χ1n) is 9.98. The number of likely N-dealkylation sites (N-methyl/N-ethyl adjacent to an activating group) is 1. The molecule has 0 aromatic heterocycles. The van der Waals surface area contributed by atoms with E-state index in [2.05, 4.69) is 5.32 Å². The van der Waals surface area contributed by atoms with Gasteiger partial charge in [-0.1, -0.05) is 72.8 Å². The third-order valence-corrected chi connectivity index (χ3v) is 4.62. The summed E-state index contributed by atoms with van der Waals surface area (Å²) in [5, 5.41) is 2.67. The van der Waals surface area contributed by atoms with Crippen LogP contribution >= 0.6 is 0 Å². The lowest BCUT2D eigenvalue weighted by atomic mass is 10.1. The molecule has 0 unspecified atom stereocenters. The van der Waals surface area contributed by atoms with Crippen LogP contribution in [0, 0.1) is 0 Å². The fourth-order valence-electron chi connectivity index (χ4n) is 2.93. The zero-order valence-electron chi connectivity index (χ0n) is 17.7. The van der Waals surface area contributed by atoms with E-state index in [1.807, 2.05) is 60.7 Å². The van der Waals surface area contributed by atoms with E-state index in [1.165, 1.54) is 4.90 Å². The van der Waals surface area contributed by atoms with Gasteiger partial charge in [0.15, 0.2) is 0 Å². The van der Waals surface area contributed by atoms with Crippen LogP contribution < -0.4 is 10.1 Å². The Hall–Kier alpha value is -3.80. The van der Waals surface area contributed by atoms with Gasteiger partial charge in [-0.15, -0.1) is 0 Å². The fourth-order valence-corrected chi connectivity index (χ4v) is 2.93. The van der Waals surface area contributed by atoms with Crippen LogP contribution in [0.1, 0.15) is 22.7 Å². The third-order valence-electron chi connectivity index (χ3n) is 4.62. The largest absolute Gasteiger partial charge is 0.489 e. The smallest absolute Gasteiger partial charge is 0.408 e. The van der Waals surface area contributed by atoms with Gasteiger partial charge in [-0.2, -0.15) is 0 Å². The number of rotatable bonds is 8. The number of hydrogen-bond acceptors (Lipinski definition) is 4. The van der Waals surface area contributed by atoms with Gasteiger partial charge in [-0.25, -0.2) is 4.79 Å².